The molecule has 1 aromatic carbocycles. The quantitative estimate of drug-likeness (QED) is 0.771. The first-order valence-corrected chi connectivity index (χ1v) is 12.3. The van der Waals surface area contributed by atoms with Crippen molar-refractivity contribution in [3.05, 3.63) is 34.7 Å². The number of aromatic nitrogens is 2. The summed E-state index contributed by atoms with van der Waals surface area (Å²) >= 11 is 0. The highest BCUT2D eigenvalue weighted by Crippen LogP contribution is 2.32. The van der Waals surface area contributed by atoms with Gasteiger partial charge in [-0.25, -0.2) is 4.79 Å². The number of likely N-dealkylation sites (tertiary alicyclic amines) is 1. The minimum Gasteiger partial charge on any atom is -0.319 e. The Labute approximate surface area is 181 Å². The summed E-state index contributed by atoms with van der Waals surface area (Å²) in [5, 5.41) is 3.42. The molecule has 2 aliphatic rings. The number of fused-ring (bicyclic) bond motifs is 1. The maximum Gasteiger partial charge on any atom is 0.329 e. The Morgan fingerprint density at radius 2 is 1.70 bits per heavy atom. The summed E-state index contributed by atoms with van der Waals surface area (Å²) in [6.45, 7) is 7.21. The van der Waals surface area contributed by atoms with E-state index in [1.807, 2.05) is 17.7 Å². The van der Waals surface area contributed by atoms with Crippen LogP contribution >= 0.6 is 0 Å². The van der Waals surface area contributed by atoms with E-state index in [2.05, 4.69) is 39.9 Å². The lowest BCUT2D eigenvalue weighted by molar-refractivity contribution is 0.102. The second-order valence-corrected chi connectivity index (χ2v) is 9.53. The molecule has 2 unspecified atom stereocenters. The molecule has 5 nitrogen and oxygen atoms in total. The van der Waals surface area contributed by atoms with Crippen LogP contribution < -0.4 is 11.0 Å². The first-order chi connectivity index (χ1) is 14.7. The lowest BCUT2D eigenvalue weighted by Crippen LogP contribution is -2.48. The third-order valence-corrected chi connectivity index (χ3v) is 7.50. The van der Waals surface area contributed by atoms with Gasteiger partial charge in [0.05, 0.1) is 11.0 Å². The summed E-state index contributed by atoms with van der Waals surface area (Å²) in [6, 6.07) is 8.60. The van der Waals surface area contributed by atoms with Crippen LogP contribution in [-0.4, -0.2) is 47.3 Å². The number of benzene rings is 1. The number of para-hydroxylation sites is 2. The Balaban J connectivity index is 1.54. The summed E-state index contributed by atoms with van der Waals surface area (Å²) in [4.78, 5) is 16.0. The summed E-state index contributed by atoms with van der Waals surface area (Å²) in [5.74, 6) is 1.33. The molecular formula is C25H40N4O. The van der Waals surface area contributed by atoms with Crippen LogP contribution in [-0.2, 0) is 6.54 Å². The smallest absolute Gasteiger partial charge is 0.319 e. The molecular weight excluding hydrogens is 372 g/mol. The van der Waals surface area contributed by atoms with Crippen molar-refractivity contribution in [1.29, 1.82) is 0 Å². The van der Waals surface area contributed by atoms with Crippen molar-refractivity contribution in [1.82, 2.24) is 19.4 Å². The highest BCUT2D eigenvalue weighted by Gasteiger charge is 2.33. The van der Waals surface area contributed by atoms with Crippen molar-refractivity contribution in [2.75, 3.05) is 33.2 Å². The van der Waals surface area contributed by atoms with Gasteiger partial charge in [-0.2, -0.15) is 0 Å². The monoisotopic (exact) mass is 412 g/mol. The van der Waals surface area contributed by atoms with E-state index in [1.165, 1.54) is 51.5 Å². The highest BCUT2D eigenvalue weighted by molar-refractivity contribution is 5.76. The van der Waals surface area contributed by atoms with Crippen molar-refractivity contribution in [2.24, 2.45) is 11.8 Å². The van der Waals surface area contributed by atoms with E-state index >= 15 is 0 Å². The zero-order valence-corrected chi connectivity index (χ0v) is 19.0. The number of hydrogen-bond acceptors (Lipinski definition) is 3. The number of imidazole rings is 1. The van der Waals surface area contributed by atoms with Gasteiger partial charge in [0, 0.05) is 44.7 Å². The summed E-state index contributed by atoms with van der Waals surface area (Å²) < 4.78 is 4.06. The minimum atomic E-state index is 0.165. The number of nitrogens with one attached hydrogen (secondary N) is 1. The zero-order valence-electron chi connectivity index (χ0n) is 19.0. The van der Waals surface area contributed by atoms with Gasteiger partial charge in [-0.3, -0.25) is 9.13 Å². The van der Waals surface area contributed by atoms with Crippen LogP contribution in [0.3, 0.4) is 0 Å². The fraction of sp³-hybridized carbons (Fsp3) is 0.720. The Hall–Kier alpha value is -1.59. The third-order valence-electron chi connectivity index (χ3n) is 7.50. The summed E-state index contributed by atoms with van der Waals surface area (Å²) in [5.41, 5.74) is 2.34. The summed E-state index contributed by atoms with van der Waals surface area (Å²) in [7, 11) is 2.04. The predicted octanol–water partition coefficient (Wildman–Crippen LogP) is 4.27. The van der Waals surface area contributed by atoms with E-state index in [4.69, 9.17) is 0 Å². The molecule has 1 saturated heterocycles. The van der Waals surface area contributed by atoms with Gasteiger partial charge in [-0.05, 0) is 51.3 Å². The van der Waals surface area contributed by atoms with E-state index in [-0.39, 0.29) is 11.7 Å². The molecule has 2 atom stereocenters. The Morgan fingerprint density at radius 3 is 2.40 bits per heavy atom. The minimum absolute atomic E-state index is 0.165. The van der Waals surface area contributed by atoms with Gasteiger partial charge in [0.2, 0.25) is 0 Å². The molecule has 0 spiro atoms. The molecule has 0 radical (unpaired) electrons. The van der Waals surface area contributed by atoms with Gasteiger partial charge < -0.3 is 10.2 Å². The van der Waals surface area contributed by atoms with Gasteiger partial charge in [0.15, 0.2) is 0 Å². The normalized spacial score (nSPS) is 24.7. The number of nitrogens with zero attached hydrogens (tertiary/aromatic N) is 3. The standard InChI is InChI=1S/C25H40N4O/c1-3-28-23-13-9-10-14-24(23)29(25(28)30)22-15-16-27(19-21(22)17-26-2)18-20-11-7-5-4-6-8-12-20/h9-10,13-14,20-22,26H,3-8,11-12,15-19H2,1-2H3. The van der Waals surface area contributed by atoms with Gasteiger partial charge in [0.25, 0.3) is 0 Å². The number of rotatable bonds is 6. The maximum atomic E-state index is 13.3. The Morgan fingerprint density at radius 1 is 1.00 bits per heavy atom. The Kier molecular flexibility index (Phi) is 7.32. The largest absolute Gasteiger partial charge is 0.329 e. The van der Waals surface area contributed by atoms with E-state index < -0.39 is 0 Å². The molecule has 1 aromatic heterocycles. The second-order valence-electron chi connectivity index (χ2n) is 9.53. The molecule has 1 aliphatic carbocycles. The SMILES string of the molecule is CCn1c(=O)n(C2CCN(CC3CCCCCCC3)CC2CNC)c2ccccc21. The number of piperidine rings is 1. The number of hydrogen-bond donors (Lipinski definition) is 1. The van der Waals surface area contributed by atoms with Gasteiger partial charge in [-0.15, -0.1) is 0 Å². The van der Waals surface area contributed by atoms with Crippen LogP contribution in [0.15, 0.2) is 29.1 Å². The van der Waals surface area contributed by atoms with Crippen molar-refractivity contribution in [3.63, 3.8) is 0 Å². The molecule has 1 N–H and O–H groups in total. The van der Waals surface area contributed by atoms with E-state index in [0.717, 1.165) is 49.6 Å². The van der Waals surface area contributed by atoms with Crippen LogP contribution in [0.1, 0.15) is 64.3 Å². The lowest BCUT2D eigenvalue weighted by atomic mass is 9.88. The highest BCUT2D eigenvalue weighted by atomic mass is 16.1. The van der Waals surface area contributed by atoms with Crippen LogP contribution in [0.2, 0.25) is 0 Å². The van der Waals surface area contributed by atoms with Crippen molar-refractivity contribution in [3.8, 4) is 0 Å². The predicted molar refractivity (Wildman–Crippen MR) is 125 cm³/mol. The average molecular weight is 413 g/mol. The Bertz CT molecular complexity index is 862. The molecule has 0 bridgehead atoms. The molecule has 2 heterocycles. The molecule has 1 saturated carbocycles. The van der Waals surface area contributed by atoms with Gasteiger partial charge in [0.1, 0.15) is 0 Å². The first-order valence-electron chi connectivity index (χ1n) is 12.3. The lowest BCUT2D eigenvalue weighted by Gasteiger charge is -2.40. The van der Waals surface area contributed by atoms with E-state index in [9.17, 15) is 4.79 Å². The van der Waals surface area contributed by atoms with Crippen molar-refractivity contribution in [2.45, 2.75) is 70.9 Å². The molecule has 2 aromatic rings. The fourth-order valence-corrected chi connectivity index (χ4v) is 6.01. The van der Waals surface area contributed by atoms with E-state index in [1.54, 1.807) is 0 Å². The third kappa shape index (κ3) is 4.52. The first kappa shape index (κ1) is 21.6. The maximum absolute atomic E-state index is 13.3. The van der Waals surface area contributed by atoms with Crippen molar-refractivity contribution < 1.29 is 0 Å². The van der Waals surface area contributed by atoms with E-state index in [0.29, 0.717) is 5.92 Å². The zero-order chi connectivity index (χ0) is 20.9. The van der Waals surface area contributed by atoms with Gasteiger partial charge in [-0.1, -0.05) is 44.2 Å². The molecule has 4 rings (SSSR count). The number of aryl methyl sites for hydroxylation is 1. The summed E-state index contributed by atoms with van der Waals surface area (Å²) in [6.07, 6.45) is 11.0. The topological polar surface area (TPSA) is 42.2 Å². The molecule has 1 aliphatic heterocycles. The molecule has 2 fully saturated rings. The fourth-order valence-electron chi connectivity index (χ4n) is 6.01. The van der Waals surface area contributed by atoms with Gasteiger partial charge >= 0.3 is 5.69 Å². The molecule has 166 valence electrons. The molecule has 5 heteroatoms. The van der Waals surface area contributed by atoms with Crippen LogP contribution in [0, 0.1) is 11.8 Å². The van der Waals surface area contributed by atoms with Crippen LogP contribution in [0.5, 0.6) is 0 Å². The van der Waals surface area contributed by atoms with Crippen LogP contribution in [0.25, 0.3) is 11.0 Å². The average Bonchev–Trinajstić information content (AvgIpc) is 3.01. The van der Waals surface area contributed by atoms with Crippen molar-refractivity contribution >= 4 is 11.0 Å². The molecule has 0 amide bonds. The van der Waals surface area contributed by atoms with Crippen LogP contribution in [0.4, 0.5) is 0 Å². The molecule has 30 heavy (non-hydrogen) atoms. The second kappa shape index (κ2) is 10.1.